The van der Waals surface area contributed by atoms with Crippen molar-refractivity contribution >= 4 is 24.3 Å². The number of carbonyl (C=O) groups is 1. The molecule has 0 rings (SSSR count). The van der Waals surface area contributed by atoms with Gasteiger partial charge in [-0.3, -0.25) is 0 Å². The van der Waals surface area contributed by atoms with Crippen LogP contribution in [0.15, 0.2) is 10.2 Å². The molecular formula is C22H44O2Sn. The fourth-order valence-electron chi connectivity index (χ4n) is 3.63. The number of carbonyl (C=O) groups excluding carboxylic acids is 1. The molecule has 0 saturated heterocycles. The Labute approximate surface area is 162 Å². The van der Waals surface area contributed by atoms with Gasteiger partial charge in [-0.15, -0.1) is 0 Å². The molecule has 1 atom stereocenters. The van der Waals surface area contributed by atoms with E-state index in [1.54, 1.807) is 0 Å². The van der Waals surface area contributed by atoms with Gasteiger partial charge in [0.2, 0.25) is 0 Å². The first-order valence-corrected chi connectivity index (χ1v) is 18.4. The Morgan fingerprint density at radius 2 is 1.44 bits per heavy atom. The van der Waals surface area contributed by atoms with E-state index in [0.29, 0.717) is 5.92 Å². The Morgan fingerprint density at radius 3 is 1.80 bits per heavy atom. The molecule has 0 bridgehead atoms. The summed E-state index contributed by atoms with van der Waals surface area (Å²) in [5, 5.41) is 0. The van der Waals surface area contributed by atoms with Crippen molar-refractivity contribution in [2.24, 2.45) is 5.92 Å². The summed E-state index contributed by atoms with van der Waals surface area (Å²) >= 11 is -2.18. The Hall–Kier alpha value is 0.00870. The van der Waals surface area contributed by atoms with Gasteiger partial charge in [-0.2, -0.15) is 0 Å². The van der Waals surface area contributed by atoms with Crippen LogP contribution in [0.5, 0.6) is 0 Å². The number of ether oxygens (including phenoxy) is 1. The Kier molecular flexibility index (Phi) is 15.1. The molecule has 0 aromatic heterocycles. The molecule has 0 heterocycles. The van der Waals surface area contributed by atoms with Gasteiger partial charge in [-0.25, -0.2) is 0 Å². The van der Waals surface area contributed by atoms with Crippen LogP contribution >= 0.6 is 0 Å². The summed E-state index contributed by atoms with van der Waals surface area (Å²) in [6.07, 6.45) is 12.5. The zero-order chi connectivity index (χ0) is 19.1. The van der Waals surface area contributed by atoms with Gasteiger partial charge in [0.25, 0.3) is 0 Å². The van der Waals surface area contributed by atoms with E-state index in [-0.39, 0.29) is 12.1 Å². The molecule has 0 fully saturated rings. The summed E-state index contributed by atoms with van der Waals surface area (Å²) in [5.41, 5.74) is 0. The quantitative estimate of drug-likeness (QED) is 0.190. The molecule has 0 N–H and O–H groups in total. The summed E-state index contributed by atoms with van der Waals surface area (Å²) in [4.78, 5) is 11.4. The van der Waals surface area contributed by atoms with Crippen LogP contribution in [-0.4, -0.2) is 30.5 Å². The maximum absolute atomic E-state index is 11.4. The Bertz CT molecular complexity index is 341. The number of hydrogen-bond donors (Lipinski definition) is 0. The second-order valence-electron chi connectivity index (χ2n) is 8.17. The standard InChI is InChI=1S/C10H17O2.3C4H9.Sn/c1-5-6-10(7-8(2)3)12-9(4)11;3*1-3-4-2;/h1,5,8,10H,6-7H2,2-4H3;3*1,3-4H2,2H3;/t10-;;;;/m0..../s1. The molecule has 148 valence electrons. The normalized spacial score (nSPS) is 13.6. The number of rotatable bonds is 15. The average Bonchev–Trinajstić information content (AvgIpc) is 2.54. The number of unbranched alkanes of at least 4 members (excludes halogenated alkanes) is 3. The molecule has 0 radical (unpaired) electrons. The topological polar surface area (TPSA) is 26.3 Å². The second-order valence-corrected chi connectivity index (χ2v) is 21.2. The van der Waals surface area contributed by atoms with Gasteiger partial charge in [-0.1, -0.05) is 0 Å². The molecular weight excluding hydrogens is 415 g/mol. The third kappa shape index (κ3) is 12.9. The molecule has 0 aliphatic carbocycles. The first kappa shape index (κ1) is 25.0. The molecule has 0 aromatic rings. The minimum absolute atomic E-state index is 0.0567. The molecule has 2 nitrogen and oxygen atoms in total. The van der Waals surface area contributed by atoms with Gasteiger partial charge in [-0.05, 0) is 0 Å². The summed E-state index contributed by atoms with van der Waals surface area (Å²) in [6.45, 7) is 12.9. The zero-order valence-corrected chi connectivity index (χ0v) is 20.8. The molecule has 0 unspecified atom stereocenters. The summed E-state index contributed by atoms with van der Waals surface area (Å²) in [6, 6.07) is 0. The van der Waals surface area contributed by atoms with E-state index < -0.39 is 18.4 Å². The van der Waals surface area contributed by atoms with Gasteiger partial charge in [0, 0.05) is 0 Å². The maximum atomic E-state index is 11.4. The molecule has 0 aliphatic rings. The first-order chi connectivity index (χ1) is 11.9. The fourth-order valence-corrected chi connectivity index (χ4v) is 18.1. The van der Waals surface area contributed by atoms with Crippen LogP contribution in [0.4, 0.5) is 0 Å². The molecule has 25 heavy (non-hydrogen) atoms. The molecule has 3 heteroatoms. The predicted octanol–water partition coefficient (Wildman–Crippen LogP) is 7.30. The fraction of sp³-hybridized carbons (Fsp3) is 0.864. The van der Waals surface area contributed by atoms with Crippen LogP contribution in [0.2, 0.25) is 13.3 Å². The third-order valence-electron chi connectivity index (χ3n) is 5.02. The van der Waals surface area contributed by atoms with Crippen molar-refractivity contribution in [1.82, 2.24) is 0 Å². The monoisotopic (exact) mass is 460 g/mol. The van der Waals surface area contributed by atoms with E-state index in [2.05, 4.69) is 44.8 Å². The molecule has 0 spiro atoms. The molecule has 0 aromatic carbocycles. The van der Waals surface area contributed by atoms with Gasteiger partial charge < -0.3 is 0 Å². The Morgan fingerprint density at radius 1 is 0.960 bits per heavy atom. The van der Waals surface area contributed by atoms with Crippen molar-refractivity contribution in [3.05, 3.63) is 10.2 Å². The van der Waals surface area contributed by atoms with Crippen LogP contribution < -0.4 is 0 Å². The zero-order valence-electron chi connectivity index (χ0n) is 17.9. The van der Waals surface area contributed by atoms with Gasteiger partial charge >= 0.3 is 162 Å². The first-order valence-electron chi connectivity index (χ1n) is 10.7. The summed E-state index contributed by atoms with van der Waals surface area (Å²) in [7, 11) is 0. The summed E-state index contributed by atoms with van der Waals surface area (Å²) in [5.74, 6) is 0.420. The van der Waals surface area contributed by atoms with Crippen LogP contribution in [0.1, 0.15) is 92.9 Å². The molecule has 0 aliphatic heterocycles. The van der Waals surface area contributed by atoms with Crippen molar-refractivity contribution in [1.29, 1.82) is 0 Å². The molecule has 0 amide bonds. The van der Waals surface area contributed by atoms with E-state index in [0.717, 1.165) is 12.8 Å². The average molecular weight is 459 g/mol. The van der Waals surface area contributed by atoms with Crippen LogP contribution in [0.25, 0.3) is 0 Å². The SMILES string of the molecule is CCC[CH2][Sn](/[CH]=C/C[C@@H](CC(C)C)OC(C)=O)([CH2]CCC)[CH2]CCC. The predicted molar refractivity (Wildman–Crippen MR) is 114 cm³/mol. The van der Waals surface area contributed by atoms with E-state index in [4.69, 9.17) is 4.74 Å². The second kappa shape index (κ2) is 15.1. The van der Waals surface area contributed by atoms with E-state index in [9.17, 15) is 4.79 Å². The van der Waals surface area contributed by atoms with E-state index in [1.807, 2.05) is 0 Å². The third-order valence-corrected chi connectivity index (χ3v) is 19.3. The van der Waals surface area contributed by atoms with Crippen LogP contribution in [-0.2, 0) is 9.53 Å². The van der Waals surface area contributed by atoms with Gasteiger partial charge in [0.1, 0.15) is 0 Å². The van der Waals surface area contributed by atoms with Crippen molar-refractivity contribution in [3.8, 4) is 0 Å². The van der Waals surface area contributed by atoms with Gasteiger partial charge in [0.15, 0.2) is 0 Å². The minimum atomic E-state index is -2.18. The Balaban J connectivity index is 5.05. The van der Waals surface area contributed by atoms with E-state index >= 15 is 0 Å². The number of hydrogen-bond acceptors (Lipinski definition) is 2. The van der Waals surface area contributed by atoms with Crippen molar-refractivity contribution in [2.45, 2.75) is 112 Å². The number of esters is 1. The molecule has 0 saturated carbocycles. The van der Waals surface area contributed by atoms with Crippen molar-refractivity contribution in [2.75, 3.05) is 0 Å². The van der Waals surface area contributed by atoms with E-state index in [1.165, 1.54) is 58.8 Å². The van der Waals surface area contributed by atoms with Crippen molar-refractivity contribution < 1.29 is 9.53 Å². The summed E-state index contributed by atoms with van der Waals surface area (Å²) < 4.78 is 12.8. The van der Waals surface area contributed by atoms with Crippen LogP contribution in [0.3, 0.4) is 0 Å². The van der Waals surface area contributed by atoms with Crippen LogP contribution in [0, 0.1) is 5.92 Å². The van der Waals surface area contributed by atoms with Gasteiger partial charge in [0.05, 0.1) is 0 Å². The van der Waals surface area contributed by atoms with Crippen molar-refractivity contribution in [3.63, 3.8) is 0 Å².